The number of anilines is 1. The number of carbonyl (C=O) groups excluding carboxylic acids is 2. The third-order valence-electron chi connectivity index (χ3n) is 4.42. The summed E-state index contributed by atoms with van der Waals surface area (Å²) in [6.07, 6.45) is 1.05. The van der Waals surface area contributed by atoms with Crippen LogP contribution in [0.4, 0.5) is 10.8 Å². The first-order chi connectivity index (χ1) is 16.2. The number of fused-ring (bicyclic) bond motifs is 1. The van der Waals surface area contributed by atoms with Crippen molar-refractivity contribution in [2.75, 3.05) is 11.9 Å². The smallest absolute Gasteiger partial charge is 0.328 e. The lowest BCUT2D eigenvalue weighted by atomic mass is 10.3. The van der Waals surface area contributed by atoms with Crippen molar-refractivity contribution in [3.05, 3.63) is 64.8 Å². The van der Waals surface area contributed by atoms with Crippen LogP contribution >= 0.6 is 11.3 Å². The minimum atomic E-state index is -3.99. The van der Waals surface area contributed by atoms with Gasteiger partial charge in [-0.15, -0.1) is 5.10 Å². The standard InChI is InChI=1S/C19H14N6O7S2/c26-16(11-32-17(27)10-24-15-4-2-1-3-14(15)22-23-24)21-19-20-9-18(33-19)34(30,31)13-7-5-12(6-8-13)25(28)29/h1-9H,10-11H2,(H,20,21,26). The van der Waals surface area contributed by atoms with Crippen LogP contribution in [0, 0.1) is 10.1 Å². The molecule has 4 aromatic rings. The summed E-state index contributed by atoms with van der Waals surface area (Å²) in [6.45, 7) is -0.863. The molecule has 0 bridgehead atoms. The first-order valence-electron chi connectivity index (χ1n) is 9.43. The van der Waals surface area contributed by atoms with Gasteiger partial charge in [0.25, 0.3) is 11.6 Å². The molecule has 0 fully saturated rings. The molecular formula is C19H14N6O7S2. The van der Waals surface area contributed by atoms with Crippen molar-refractivity contribution >= 4 is 54.9 Å². The van der Waals surface area contributed by atoms with Gasteiger partial charge in [-0.05, 0) is 24.3 Å². The first kappa shape index (κ1) is 22.9. The van der Waals surface area contributed by atoms with Crippen molar-refractivity contribution in [3.8, 4) is 0 Å². The van der Waals surface area contributed by atoms with Crippen LogP contribution in [0.15, 0.2) is 63.8 Å². The number of nitro groups is 1. The minimum Gasteiger partial charge on any atom is -0.454 e. The van der Waals surface area contributed by atoms with E-state index in [9.17, 15) is 28.1 Å². The van der Waals surface area contributed by atoms with Gasteiger partial charge < -0.3 is 4.74 Å². The van der Waals surface area contributed by atoms with Gasteiger partial charge in [-0.1, -0.05) is 28.7 Å². The number of thiazole rings is 1. The molecule has 2 aromatic heterocycles. The van der Waals surface area contributed by atoms with Crippen LogP contribution in [-0.4, -0.2) is 51.8 Å². The zero-order valence-electron chi connectivity index (χ0n) is 17.0. The van der Waals surface area contributed by atoms with Crippen molar-refractivity contribution in [2.24, 2.45) is 0 Å². The Balaban J connectivity index is 1.34. The molecule has 1 amide bonds. The normalized spacial score (nSPS) is 11.3. The number of amides is 1. The SMILES string of the molecule is O=C(COC(=O)Cn1nnc2ccccc21)Nc1ncc(S(=O)(=O)c2ccc([N+](=O)[O-])cc2)s1. The Bertz CT molecular complexity index is 1490. The monoisotopic (exact) mass is 502 g/mol. The maximum atomic E-state index is 12.7. The Morgan fingerprint density at radius 1 is 1.15 bits per heavy atom. The maximum absolute atomic E-state index is 12.7. The molecule has 15 heteroatoms. The van der Waals surface area contributed by atoms with Crippen LogP contribution in [0.2, 0.25) is 0 Å². The van der Waals surface area contributed by atoms with Gasteiger partial charge in [-0.3, -0.25) is 25.0 Å². The van der Waals surface area contributed by atoms with E-state index >= 15 is 0 Å². The molecule has 0 saturated heterocycles. The Hall–Kier alpha value is -4.24. The molecule has 34 heavy (non-hydrogen) atoms. The average Bonchev–Trinajstić information content (AvgIpc) is 3.46. The van der Waals surface area contributed by atoms with Crippen LogP contribution in [0.3, 0.4) is 0 Å². The van der Waals surface area contributed by atoms with E-state index < -0.39 is 33.2 Å². The molecule has 13 nitrogen and oxygen atoms in total. The minimum absolute atomic E-state index is 0.0243. The van der Waals surface area contributed by atoms with Crippen molar-refractivity contribution in [3.63, 3.8) is 0 Å². The second kappa shape index (κ2) is 9.32. The van der Waals surface area contributed by atoms with Crippen molar-refractivity contribution in [2.45, 2.75) is 15.6 Å². The Kier molecular flexibility index (Phi) is 6.29. The van der Waals surface area contributed by atoms with Crippen LogP contribution in [0.5, 0.6) is 0 Å². The lowest BCUT2D eigenvalue weighted by Crippen LogP contribution is -2.23. The van der Waals surface area contributed by atoms with E-state index in [1.807, 2.05) is 0 Å². The number of benzene rings is 2. The van der Waals surface area contributed by atoms with E-state index in [1.165, 1.54) is 4.68 Å². The highest BCUT2D eigenvalue weighted by molar-refractivity contribution is 7.93. The molecule has 2 aromatic carbocycles. The van der Waals surface area contributed by atoms with Crippen LogP contribution in [0.25, 0.3) is 11.0 Å². The third kappa shape index (κ3) is 4.89. The summed E-state index contributed by atoms with van der Waals surface area (Å²) in [5.41, 5.74) is 0.993. The summed E-state index contributed by atoms with van der Waals surface area (Å²) in [5, 5.41) is 20.8. The molecule has 2 heterocycles. The van der Waals surface area contributed by atoms with E-state index in [2.05, 4.69) is 20.6 Å². The largest absolute Gasteiger partial charge is 0.454 e. The number of nitro benzene ring substituents is 1. The van der Waals surface area contributed by atoms with Gasteiger partial charge in [0.2, 0.25) is 9.84 Å². The number of para-hydroxylation sites is 1. The number of carbonyl (C=O) groups is 2. The number of aromatic nitrogens is 4. The molecule has 174 valence electrons. The second-order valence-corrected chi connectivity index (χ2v) is 9.89. The van der Waals surface area contributed by atoms with Gasteiger partial charge in [0.15, 0.2) is 11.7 Å². The van der Waals surface area contributed by atoms with E-state index in [4.69, 9.17) is 4.74 Å². The summed E-state index contributed by atoms with van der Waals surface area (Å²) in [7, 11) is -3.99. The first-order valence-corrected chi connectivity index (χ1v) is 11.7. The van der Waals surface area contributed by atoms with Gasteiger partial charge in [-0.2, -0.15) is 0 Å². The molecule has 0 aliphatic rings. The van der Waals surface area contributed by atoms with Gasteiger partial charge in [0.05, 0.1) is 21.5 Å². The predicted octanol–water partition coefficient (Wildman–Crippen LogP) is 1.81. The molecule has 0 atom stereocenters. The maximum Gasteiger partial charge on any atom is 0.328 e. The second-order valence-electron chi connectivity index (χ2n) is 6.68. The molecule has 0 saturated carbocycles. The Morgan fingerprint density at radius 2 is 1.88 bits per heavy atom. The number of sulfone groups is 1. The van der Waals surface area contributed by atoms with Gasteiger partial charge >= 0.3 is 5.97 Å². The lowest BCUT2D eigenvalue weighted by molar-refractivity contribution is -0.384. The summed E-state index contributed by atoms with van der Waals surface area (Å²) in [4.78, 5) is 37.9. The number of nitrogens with zero attached hydrogens (tertiary/aromatic N) is 5. The predicted molar refractivity (Wildman–Crippen MR) is 118 cm³/mol. The number of ether oxygens (including phenoxy) is 1. The third-order valence-corrected chi connectivity index (χ3v) is 7.56. The van der Waals surface area contributed by atoms with E-state index in [0.29, 0.717) is 22.4 Å². The highest BCUT2D eigenvalue weighted by Gasteiger charge is 2.22. The summed E-state index contributed by atoms with van der Waals surface area (Å²) >= 11 is 0.685. The Labute approximate surface area is 195 Å². The van der Waals surface area contributed by atoms with Crippen LogP contribution < -0.4 is 5.32 Å². The zero-order valence-corrected chi connectivity index (χ0v) is 18.7. The van der Waals surface area contributed by atoms with E-state index in [1.54, 1.807) is 24.3 Å². The fourth-order valence-corrected chi connectivity index (χ4v) is 5.26. The number of hydrogen-bond acceptors (Lipinski definition) is 11. The fourth-order valence-electron chi connectivity index (χ4n) is 2.81. The molecule has 1 N–H and O–H groups in total. The molecule has 0 radical (unpaired) electrons. The molecule has 0 spiro atoms. The van der Waals surface area contributed by atoms with Crippen LogP contribution in [-0.2, 0) is 30.7 Å². The van der Waals surface area contributed by atoms with Gasteiger partial charge in [0, 0.05) is 12.1 Å². The highest BCUT2D eigenvalue weighted by Crippen LogP contribution is 2.29. The molecule has 0 unspecified atom stereocenters. The van der Waals surface area contributed by atoms with Crippen molar-refractivity contribution < 1.29 is 27.7 Å². The molecule has 0 aliphatic heterocycles. The summed E-state index contributed by atoms with van der Waals surface area (Å²) in [5.74, 6) is -1.43. The van der Waals surface area contributed by atoms with Crippen molar-refractivity contribution in [1.29, 1.82) is 0 Å². The zero-order chi connectivity index (χ0) is 24.3. The summed E-state index contributed by atoms with van der Waals surface area (Å²) < 4.78 is 31.5. The number of esters is 1. The highest BCUT2D eigenvalue weighted by atomic mass is 32.2. The fraction of sp³-hybridized carbons (Fsp3) is 0.105. The number of nitrogens with one attached hydrogen (secondary N) is 1. The molecule has 0 aliphatic carbocycles. The van der Waals surface area contributed by atoms with E-state index in [0.717, 1.165) is 30.5 Å². The number of rotatable bonds is 8. The molecule has 4 rings (SSSR count). The average molecular weight is 502 g/mol. The van der Waals surface area contributed by atoms with E-state index in [-0.39, 0.29) is 26.5 Å². The number of non-ortho nitro benzene ring substituents is 1. The van der Waals surface area contributed by atoms with Crippen molar-refractivity contribution in [1.82, 2.24) is 20.0 Å². The topological polar surface area (TPSA) is 176 Å². The summed E-state index contributed by atoms with van der Waals surface area (Å²) in [6, 6.07) is 11.4. The lowest BCUT2D eigenvalue weighted by Gasteiger charge is -2.05. The van der Waals surface area contributed by atoms with Gasteiger partial charge in [0.1, 0.15) is 16.3 Å². The van der Waals surface area contributed by atoms with Crippen LogP contribution in [0.1, 0.15) is 0 Å². The van der Waals surface area contributed by atoms with Gasteiger partial charge in [-0.25, -0.2) is 18.1 Å². The Morgan fingerprint density at radius 3 is 2.62 bits per heavy atom. The molecular weight excluding hydrogens is 488 g/mol. The number of hydrogen-bond donors (Lipinski definition) is 1. The quantitative estimate of drug-likeness (QED) is 0.212.